The first-order valence-electron chi connectivity index (χ1n) is 9.32. The molecule has 33 heavy (non-hydrogen) atoms. The maximum absolute atomic E-state index is 12.4. The Morgan fingerprint density at radius 3 is 2.55 bits per heavy atom. The van der Waals surface area contributed by atoms with Crippen molar-refractivity contribution in [3.05, 3.63) is 69.8 Å². The van der Waals surface area contributed by atoms with E-state index in [-0.39, 0.29) is 32.5 Å². The second kappa shape index (κ2) is 8.58. The number of rotatable bonds is 3. The Hall–Kier alpha value is -3.28. The van der Waals surface area contributed by atoms with Crippen molar-refractivity contribution < 1.29 is 22.7 Å². The monoisotopic (exact) mass is 502 g/mol. The van der Waals surface area contributed by atoms with Gasteiger partial charge in [0.25, 0.3) is 5.91 Å². The third kappa shape index (κ3) is 4.61. The highest BCUT2D eigenvalue weighted by molar-refractivity contribution is 8.16. The van der Waals surface area contributed by atoms with Crippen LogP contribution in [0.15, 0.2) is 57.4 Å². The topological polar surface area (TPSA) is 129 Å². The van der Waals surface area contributed by atoms with Crippen molar-refractivity contribution in [2.45, 2.75) is 6.92 Å². The summed E-state index contributed by atoms with van der Waals surface area (Å²) in [7, 11) is -3.74. The van der Waals surface area contributed by atoms with E-state index in [0.717, 1.165) is 16.7 Å². The summed E-state index contributed by atoms with van der Waals surface area (Å²) in [5.74, 6) is -1.54. The van der Waals surface area contributed by atoms with Crippen molar-refractivity contribution in [1.82, 2.24) is 4.90 Å². The van der Waals surface area contributed by atoms with Gasteiger partial charge in [0.1, 0.15) is 11.6 Å². The molecule has 12 heteroatoms. The molecule has 0 aliphatic carbocycles. The number of amidine groups is 3. The van der Waals surface area contributed by atoms with E-state index in [1.165, 1.54) is 18.2 Å². The molecule has 1 amide bonds. The summed E-state index contributed by atoms with van der Waals surface area (Å²) >= 11 is 6.98. The maximum Gasteiger partial charge on any atom is 0.343 e. The van der Waals surface area contributed by atoms with Crippen LogP contribution in [-0.2, 0) is 14.6 Å². The predicted octanol–water partition coefficient (Wildman–Crippen LogP) is 3.49. The van der Waals surface area contributed by atoms with E-state index >= 15 is 0 Å². The van der Waals surface area contributed by atoms with E-state index in [2.05, 4.69) is 9.39 Å². The number of fused-ring (bicyclic) bond motifs is 1. The van der Waals surface area contributed by atoms with Crippen molar-refractivity contribution in [2.75, 3.05) is 6.26 Å². The zero-order valence-corrected chi connectivity index (χ0v) is 19.6. The molecule has 1 N–H and O–H groups in total. The molecule has 2 aromatic carbocycles. The smallest absolute Gasteiger partial charge is 0.343 e. The number of amides is 1. The van der Waals surface area contributed by atoms with Crippen LogP contribution in [0.3, 0.4) is 0 Å². The number of ether oxygens (including phenoxy) is 1. The summed E-state index contributed by atoms with van der Waals surface area (Å²) in [5, 5.41) is 8.10. The average Bonchev–Trinajstić information content (AvgIpc) is 3.18. The molecular weight excluding hydrogens is 488 g/mol. The van der Waals surface area contributed by atoms with Gasteiger partial charge in [-0.15, -0.1) is 0 Å². The van der Waals surface area contributed by atoms with Crippen LogP contribution < -0.4 is 4.74 Å². The van der Waals surface area contributed by atoms with E-state index in [9.17, 15) is 18.0 Å². The van der Waals surface area contributed by atoms with Gasteiger partial charge in [-0.25, -0.2) is 18.1 Å². The van der Waals surface area contributed by atoms with E-state index in [0.29, 0.717) is 23.1 Å². The number of nitrogens with one attached hydrogen (secondary N) is 1. The van der Waals surface area contributed by atoms with Gasteiger partial charge in [0.2, 0.25) is 20.2 Å². The summed E-state index contributed by atoms with van der Waals surface area (Å²) < 4.78 is 33.1. The van der Waals surface area contributed by atoms with Gasteiger partial charge in [0.05, 0.1) is 28.1 Å². The van der Waals surface area contributed by atoms with Crippen LogP contribution in [0.25, 0.3) is 6.08 Å². The molecule has 4 rings (SSSR count). The number of halogens is 1. The molecule has 2 heterocycles. The first-order valence-corrected chi connectivity index (χ1v) is 12.4. The minimum atomic E-state index is -3.74. The number of sulfone groups is 1. The summed E-state index contributed by atoms with van der Waals surface area (Å²) in [4.78, 5) is 29.6. The molecule has 0 fully saturated rings. The molecule has 0 atom stereocenters. The van der Waals surface area contributed by atoms with Crippen LogP contribution in [0.4, 0.5) is 0 Å². The summed E-state index contributed by atoms with van der Waals surface area (Å²) in [6, 6.07) is 11.3. The molecule has 0 saturated heterocycles. The van der Waals surface area contributed by atoms with Crippen LogP contribution >= 0.6 is 23.5 Å². The Labute approximate surface area is 198 Å². The molecule has 9 nitrogen and oxygen atoms in total. The molecule has 0 aromatic heterocycles. The van der Waals surface area contributed by atoms with Crippen molar-refractivity contribution >= 4 is 67.5 Å². The maximum atomic E-state index is 12.4. The number of benzene rings is 2. The van der Waals surface area contributed by atoms with Gasteiger partial charge in [0, 0.05) is 6.26 Å². The summed E-state index contributed by atoms with van der Waals surface area (Å²) in [6.07, 6.45) is 2.31. The zero-order chi connectivity index (χ0) is 23.9. The lowest BCUT2D eigenvalue weighted by atomic mass is 10.1. The number of hydrogen-bond acceptors (Lipinski definition) is 8. The first-order chi connectivity index (χ1) is 15.5. The average molecular weight is 503 g/mol. The lowest BCUT2D eigenvalue weighted by Crippen LogP contribution is -2.45. The van der Waals surface area contributed by atoms with Gasteiger partial charge < -0.3 is 4.74 Å². The lowest BCUT2D eigenvalue weighted by Gasteiger charge is -2.23. The van der Waals surface area contributed by atoms with E-state index in [4.69, 9.17) is 21.7 Å². The fourth-order valence-electron chi connectivity index (χ4n) is 2.94. The van der Waals surface area contributed by atoms with Gasteiger partial charge in [0.15, 0.2) is 0 Å². The summed E-state index contributed by atoms with van der Waals surface area (Å²) in [5.41, 5.74) is 1.65. The Balaban J connectivity index is 1.59. The standard InChI is InChI=1S/C21H15ClN4O5S2/c1-11-3-6-13(7-4-11)19(28)31-16-8-5-12(10-15(16)22)9-14-17(23)26-20(24-18(14)27)32-25-21(26)33(2,29)30/h3-10,23H,1-2H3/b14-9-,23-17?. The molecule has 0 saturated carbocycles. The zero-order valence-electron chi connectivity index (χ0n) is 17.2. The largest absolute Gasteiger partial charge is 0.421 e. The quantitative estimate of drug-likeness (QED) is 0.294. The van der Waals surface area contributed by atoms with Crippen molar-refractivity contribution in [2.24, 2.45) is 9.39 Å². The predicted molar refractivity (Wildman–Crippen MR) is 127 cm³/mol. The van der Waals surface area contributed by atoms with Crippen LogP contribution in [0.2, 0.25) is 5.02 Å². The minimum Gasteiger partial charge on any atom is -0.421 e. The number of esters is 1. The number of carbonyl (C=O) groups excluding carboxylic acids is 2. The Morgan fingerprint density at radius 2 is 1.91 bits per heavy atom. The normalized spacial score (nSPS) is 17.1. The number of nitrogens with zero attached hydrogens (tertiary/aromatic N) is 3. The summed E-state index contributed by atoms with van der Waals surface area (Å²) in [6.45, 7) is 1.90. The highest BCUT2D eigenvalue weighted by Crippen LogP contribution is 2.31. The molecule has 0 bridgehead atoms. The minimum absolute atomic E-state index is 0.000951. The molecule has 2 aliphatic rings. The van der Waals surface area contributed by atoms with E-state index in [1.54, 1.807) is 30.3 Å². The molecular formula is C21H15ClN4O5S2. The van der Waals surface area contributed by atoms with Crippen molar-refractivity contribution in [1.29, 1.82) is 5.41 Å². The highest BCUT2D eigenvalue weighted by Gasteiger charge is 2.41. The van der Waals surface area contributed by atoms with Crippen LogP contribution in [0, 0.1) is 12.3 Å². The van der Waals surface area contributed by atoms with Crippen LogP contribution in [0.1, 0.15) is 21.5 Å². The van der Waals surface area contributed by atoms with Crippen molar-refractivity contribution in [3.8, 4) is 5.75 Å². The SMILES string of the molecule is Cc1ccc(C(=O)Oc2ccc(/C=C3/C(=N)N4C(=NC3=O)SN=C4S(C)(=O)=O)cc2Cl)cc1. The number of carbonyl (C=O) groups is 2. The number of aliphatic imine (C=N–C) groups is 1. The molecule has 0 unspecified atom stereocenters. The third-order valence-corrected chi connectivity index (χ3v) is 6.63. The van der Waals surface area contributed by atoms with E-state index < -0.39 is 21.7 Å². The fourth-order valence-corrected chi connectivity index (χ4v) is 5.01. The molecule has 0 radical (unpaired) electrons. The first kappa shape index (κ1) is 22.9. The van der Waals surface area contributed by atoms with Crippen LogP contribution in [0.5, 0.6) is 5.75 Å². The van der Waals surface area contributed by atoms with Gasteiger partial charge >= 0.3 is 5.97 Å². The van der Waals surface area contributed by atoms with Crippen LogP contribution in [-0.4, -0.2) is 47.6 Å². The Kier molecular flexibility index (Phi) is 5.95. The molecule has 2 aromatic rings. The number of hydrogen-bond donors (Lipinski definition) is 1. The van der Waals surface area contributed by atoms with Gasteiger partial charge in [-0.3, -0.25) is 10.2 Å². The van der Waals surface area contributed by atoms with E-state index in [1.807, 2.05) is 6.92 Å². The van der Waals surface area contributed by atoms with Crippen molar-refractivity contribution in [3.63, 3.8) is 0 Å². The number of aryl methyl sites for hydroxylation is 1. The molecule has 168 valence electrons. The second-order valence-corrected chi connectivity index (χ2v) is 10.2. The Bertz CT molecular complexity index is 1410. The third-order valence-electron chi connectivity index (χ3n) is 4.58. The van der Waals surface area contributed by atoms with Gasteiger partial charge in [-0.2, -0.15) is 9.39 Å². The molecule has 2 aliphatic heterocycles. The second-order valence-electron chi connectivity index (χ2n) is 7.12. The molecule has 0 spiro atoms. The lowest BCUT2D eigenvalue weighted by molar-refractivity contribution is -0.114. The Morgan fingerprint density at radius 1 is 1.21 bits per heavy atom. The van der Waals surface area contributed by atoms with Gasteiger partial charge in [-0.05, 0) is 42.8 Å². The van der Waals surface area contributed by atoms with Gasteiger partial charge in [-0.1, -0.05) is 35.4 Å². The fraction of sp³-hybridized carbons (Fsp3) is 0.0952. The highest BCUT2D eigenvalue weighted by atomic mass is 35.5.